The van der Waals surface area contributed by atoms with E-state index in [9.17, 15) is 8.42 Å². The van der Waals surface area contributed by atoms with Crippen LogP contribution in [0.15, 0.2) is 6.20 Å². The molecule has 1 aromatic rings. The first-order valence-electron chi connectivity index (χ1n) is 5.27. The fourth-order valence-corrected chi connectivity index (χ4v) is 2.51. The Hall–Kier alpha value is -0.620. The molecule has 0 aliphatic heterocycles. The number of sulfone groups is 1. The third kappa shape index (κ3) is 3.75. The molecule has 0 unspecified atom stereocenters. The molecule has 0 saturated carbocycles. The van der Waals surface area contributed by atoms with E-state index < -0.39 is 9.84 Å². The normalized spacial score (nSPS) is 12.2. The Morgan fingerprint density at radius 2 is 2.12 bits per heavy atom. The van der Waals surface area contributed by atoms with E-state index in [2.05, 4.69) is 18.8 Å². The molecule has 0 spiro atoms. The van der Waals surface area contributed by atoms with Gasteiger partial charge in [0.15, 0.2) is 4.77 Å². The molecule has 1 rings (SSSR count). The van der Waals surface area contributed by atoms with Gasteiger partial charge in [-0.25, -0.2) is 8.42 Å². The van der Waals surface area contributed by atoms with Crippen molar-refractivity contribution in [3.63, 3.8) is 0 Å². The van der Waals surface area contributed by atoms with Crippen molar-refractivity contribution in [1.82, 2.24) is 9.55 Å². The molecule has 0 saturated heterocycles. The molecule has 1 heterocycles. The lowest BCUT2D eigenvalue weighted by atomic mass is 10.1. The van der Waals surface area contributed by atoms with E-state index in [-0.39, 0.29) is 5.75 Å². The number of nitrogens with one attached hydrogen (secondary N) is 1. The first kappa shape index (κ1) is 13.4. The van der Waals surface area contributed by atoms with Crippen LogP contribution in [0.2, 0.25) is 0 Å². The third-order valence-electron chi connectivity index (χ3n) is 2.39. The van der Waals surface area contributed by atoms with Crippen molar-refractivity contribution in [1.29, 1.82) is 0 Å². The lowest BCUT2D eigenvalue weighted by Crippen LogP contribution is -2.10. The van der Waals surface area contributed by atoms with E-state index >= 15 is 0 Å². The highest BCUT2D eigenvalue weighted by Gasteiger charge is 2.08. The quantitative estimate of drug-likeness (QED) is 0.827. The molecule has 0 aromatic carbocycles. The van der Waals surface area contributed by atoms with Crippen molar-refractivity contribution in [2.24, 2.45) is 0 Å². The number of rotatable bonds is 5. The van der Waals surface area contributed by atoms with Gasteiger partial charge >= 0.3 is 0 Å². The minimum absolute atomic E-state index is 0.206. The highest BCUT2D eigenvalue weighted by atomic mass is 32.2. The second-order valence-electron chi connectivity index (χ2n) is 4.31. The van der Waals surface area contributed by atoms with Gasteiger partial charge < -0.3 is 9.55 Å². The Bertz CT molecular complexity index is 497. The smallest absolute Gasteiger partial charge is 0.177 e. The summed E-state index contributed by atoms with van der Waals surface area (Å²) in [5.74, 6) is 0.587. The minimum Gasteiger partial charge on any atom is -0.337 e. The average Bonchev–Trinajstić information content (AvgIpc) is 2.46. The van der Waals surface area contributed by atoms with Crippen LogP contribution in [0.3, 0.4) is 0 Å². The highest BCUT2D eigenvalue weighted by molar-refractivity contribution is 7.90. The lowest BCUT2D eigenvalue weighted by molar-refractivity contribution is 0.583. The van der Waals surface area contributed by atoms with Crippen molar-refractivity contribution in [3.8, 4) is 0 Å². The van der Waals surface area contributed by atoms with Crippen LogP contribution in [0.25, 0.3) is 0 Å². The minimum atomic E-state index is -2.88. The lowest BCUT2D eigenvalue weighted by Gasteiger charge is -2.10. The summed E-state index contributed by atoms with van der Waals surface area (Å²) >= 11 is 5.16. The van der Waals surface area contributed by atoms with Crippen LogP contribution in [0.5, 0.6) is 0 Å². The number of hydrogen-bond donors (Lipinski definition) is 1. The summed E-state index contributed by atoms with van der Waals surface area (Å²) in [5, 5.41) is 0. The fourth-order valence-electron chi connectivity index (χ4n) is 1.60. The number of aromatic amines is 1. The Kier molecular flexibility index (Phi) is 4.32. The maximum atomic E-state index is 11.0. The first-order valence-corrected chi connectivity index (χ1v) is 7.74. The number of hydrogen-bond acceptors (Lipinski definition) is 3. The van der Waals surface area contributed by atoms with Gasteiger partial charge in [-0.3, -0.25) is 0 Å². The molecule has 0 radical (unpaired) electrons. The predicted molar refractivity (Wildman–Crippen MR) is 68.0 cm³/mol. The molecule has 1 aromatic heterocycles. The molecule has 16 heavy (non-hydrogen) atoms. The summed E-state index contributed by atoms with van der Waals surface area (Å²) in [4.78, 5) is 2.99. The van der Waals surface area contributed by atoms with Crippen molar-refractivity contribution < 1.29 is 8.42 Å². The molecule has 6 heteroatoms. The zero-order valence-corrected chi connectivity index (χ0v) is 11.5. The van der Waals surface area contributed by atoms with Crippen LogP contribution in [0.4, 0.5) is 0 Å². The fraction of sp³-hybridized carbons (Fsp3) is 0.700. The van der Waals surface area contributed by atoms with Crippen LogP contribution >= 0.6 is 12.2 Å². The second-order valence-corrected chi connectivity index (χ2v) is 6.95. The molecule has 0 atom stereocenters. The molecule has 0 bridgehead atoms. The number of aromatic nitrogens is 2. The van der Waals surface area contributed by atoms with Gasteiger partial charge in [-0.05, 0) is 24.6 Å². The van der Waals surface area contributed by atoms with Crippen molar-refractivity contribution in [2.75, 3.05) is 12.0 Å². The summed E-state index contributed by atoms with van der Waals surface area (Å²) in [6.45, 7) is 4.83. The van der Waals surface area contributed by atoms with Crippen LogP contribution in [-0.4, -0.2) is 30.0 Å². The number of imidazole rings is 1. The Labute approximate surface area is 102 Å². The van der Waals surface area contributed by atoms with Crippen LogP contribution in [0, 0.1) is 4.77 Å². The standard InChI is InChI=1S/C10H18N2O2S2/c1-8(2)9-7-11-10(15)12(9)5-4-6-16(3,13)14/h7-8H,4-6H2,1-3H3,(H,11,15). The van der Waals surface area contributed by atoms with Crippen LogP contribution in [-0.2, 0) is 16.4 Å². The van der Waals surface area contributed by atoms with Crippen LogP contribution in [0.1, 0.15) is 31.9 Å². The maximum absolute atomic E-state index is 11.0. The van der Waals surface area contributed by atoms with E-state index in [1.165, 1.54) is 6.26 Å². The zero-order chi connectivity index (χ0) is 12.3. The zero-order valence-electron chi connectivity index (χ0n) is 9.86. The predicted octanol–water partition coefficient (Wildman–Crippen LogP) is 2.10. The van der Waals surface area contributed by atoms with Gasteiger partial charge in [-0.1, -0.05) is 13.8 Å². The summed E-state index contributed by atoms with van der Waals surface area (Å²) in [6.07, 6.45) is 3.75. The van der Waals surface area contributed by atoms with E-state index in [1.807, 2.05) is 10.8 Å². The van der Waals surface area contributed by atoms with Gasteiger partial charge in [0.25, 0.3) is 0 Å². The molecule has 1 N–H and O–H groups in total. The van der Waals surface area contributed by atoms with E-state index in [1.54, 1.807) is 0 Å². The molecule has 0 aliphatic carbocycles. The monoisotopic (exact) mass is 262 g/mol. The van der Waals surface area contributed by atoms with Crippen molar-refractivity contribution >= 4 is 22.1 Å². The molecule has 4 nitrogen and oxygen atoms in total. The summed E-state index contributed by atoms with van der Waals surface area (Å²) in [6, 6.07) is 0. The second kappa shape index (κ2) is 5.14. The summed E-state index contributed by atoms with van der Waals surface area (Å²) < 4.78 is 24.7. The maximum Gasteiger partial charge on any atom is 0.177 e. The van der Waals surface area contributed by atoms with E-state index in [0.29, 0.717) is 23.7 Å². The van der Waals surface area contributed by atoms with Gasteiger partial charge in [-0.2, -0.15) is 0 Å². The average molecular weight is 262 g/mol. The van der Waals surface area contributed by atoms with E-state index in [0.717, 1.165) is 5.69 Å². The number of H-pyrrole nitrogens is 1. The van der Waals surface area contributed by atoms with Crippen molar-refractivity contribution in [2.45, 2.75) is 32.7 Å². The Morgan fingerprint density at radius 1 is 1.50 bits per heavy atom. The van der Waals surface area contributed by atoms with Crippen LogP contribution < -0.4 is 0 Å². The Balaban J connectivity index is 2.74. The third-order valence-corrected chi connectivity index (χ3v) is 3.76. The van der Waals surface area contributed by atoms with Gasteiger partial charge in [0.2, 0.25) is 0 Å². The first-order chi connectivity index (χ1) is 7.31. The molecule has 0 aliphatic rings. The largest absolute Gasteiger partial charge is 0.337 e. The Morgan fingerprint density at radius 3 is 2.62 bits per heavy atom. The summed E-state index contributed by atoms with van der Waals surface area (Å²) in [7, 11) is -2.88. The molecule has 0 amide bonds. The molecule has 92 valence electrons. The topological polar surface area (TPSA) is 54.9 Å². The SMILES string of the molecule is CC(C)c1c[nH]c(=S)n1CCCS(C)(=O)=O. The van der Waals surface area contributed by atoms with Gasteiger partial charge in [0, 0.05) is 24.7 Å². The van der Waals surface area contributed by atoms with Crippen molar-refractivity contribution in [3.05, 3.63) is 16.7 Å². The van der Waals surface area contributed by atoms with Gasteiger partial charge in [0.1, 0.15) is 9.84 Å². The highest BCUT2D eigenvalue weighted by Crippen LogP contribution is 2.14. The molecular formula is C10H18N2O2S2. The van der Waals surface area contributed by atoms with Gasteiger partial charge in [-0.15, -0.1) is 0 Å². The molecule has 0 fully saturated rings. The number of nitrogens with zero attached hydrogens (tertiary/aromatic N) is 1. The van der Waals surface area contributed by atoms with Gasteiger partial charge in [0.05, 0.1) is 5.75 Å². The summed E-state index contributed by atoms with van der Waals surface area (Å²) in [5.41, 5.74) is 1.12. The molecular weight excluding hydrogens is 244 g/mol. The van der Waals surface area contributed by atoms with E-state index in [4.69, 9.17) is 12.2 Å².